The molecule has 1 aromatic carbocycles. The fourth-order valence-corrected chi connectivity index (χ4v) is 4.16. The van der Waals surface area contributed by atoms with Crippen molar-refractivity contribution in [1.82, 2.24) is 14.9 Å². The molecule has 0 atom stereocenters. The van der Waals surface area contributed by atoms with Gasteiger partial charge in [-0.3, -0.25) is 4.79 Å². The summed E-state index contributed by atoms with van der Waals surface area (Å²) in [6, 6.07) is 11.7. The lowest BCUT2D eigenvalue weighted by atomic mass is 9.83. The molecule has 2 aliphatic rings. The number of aromatic nitrogens is 2. The topological polar surface area (TPSA) is 68.5 Å². The fraction of sp³-hybridized carbons (Fsp3) is 0.318. The first kappa shape index (κ1) is 17.1. The van der Waals surface area contributed by atoms with Gasteiger partial charge in [0, 0.05) is 24.8 Å². The number of amides is 1. The number of fused-ring (bicyclic) bond motifs is 2. The van der Waals surface area contributed by atoms with Gasteiger partial charge in [-0.25, -0.2) is 9.97 Å². The summed E-state index contributed by atoms with van der Waals surface area (Å²) >= 11 is 0. The van der Waals surface area contributed by atoms with Crippen molar-refractivity contribution >= 4 is 5.91 Å². The molecule has 0 bridgehead atoms. The number of benzene rings is 1. The lowest BCUT2D eigenvalue weighted by Crippen LogP contribution is -2.48. The number of furan rings is 1. The Hall–Kier alpha value is -2.99. The van der Waals surface area contributed by atoms with Crippen LogP contribution in [0.1, 0.15) is 34.5 Å². The number of nitrogens with zero attached hydrogens (tertiary/aromatic N) is 3. The lowest BCUT2D eigenvalue weighted by Gasteiger charge is -2.44. The number of ether oxygens (including phenoxy) is 1. The summed E-state index contributed by atoms with van der Waals surface area (Å²) in [5.74, 6) is 0.730. The summed E-state index contributed by atoms with van der Waals surface area (Å²) in [6.07, 6.45) is 7.26. The number of likely N-dealkylation sites (tertiary alicyclic amines) is 1. The Morgan fingerprint density at radius 1 is 1.11 bits per heavy atom. The second-order valence-electron chi connectivity index (χ2n) is 7.33. The molecule has 28 heavy (non-hydrogen) atoms. The summed E-state index contributed by atoms with van der Waals surface area (Å²) in [5.41, 5.74) is 3.30. The van der Waals surface area contributed by atoms with Gasteiger partial charge in [0.2, 0.25) is 0 Å². The van der Waals surface area contributed by atoms with Gasteiger partial charge in [-0.2, -0.15) is 0 Å². The molecule has 1 spiro atoms. The van der Waals surface area contributed by atoms with Crippen molar-refractivity contribution in [2.24, 2.45) is 0 Å². The van der Waals surface area contributed by atoms with E-state index in [9.17, 15) is 4.79 Å². The highest BCUT2D eigenvalue weighted by atomic mass is 16.5. The zero-order chi connectivity index (χ0) is 19.0. The quantitative estimate of drug-likeness (QED) is 0.686. The summed E-state index contributed by atoms with van der Waals surface area (Å²) in [5, 5.41) is 0. The van der Waals surface area contributed by atoms with E-state index in [1.165, 1.54) is 12.5 Å². The van der Waals surface area contributed by atoms with Crippen molar-refractivity contribution in [3.63, 3.8) is 0 Å². The SMILES string of the molecule is O=C(c1ccoc1)N1CCC2(CC1)OCCc1cnc(-c3ccccc3)nc12. The predicted octanol–water partition coefficient (Wildman–Crippen LogP) is 3.44. The molecule has 2 aromatic heterocycles. The van der Waals surface area contributed by atoms with Gasteiger partial charge in [-0.1, -0.05) is 30.3 Å². The molecule has 0 unspecified atom stereocenters. The molecule has 0 saturated carbocycles. The maximum atomic E-state index is 12.6. The van der Waals surface area contributed by atoms with Gasteiger partial charge < -0.3 is 14.1 Å². The van der Waals surface area contributed by atoms with Crippen LogP contribution in [-0.4, -0.2) is 40.5 Å². The van der Waals surface area contributed by atoms with Crippen LogP contribution in [-0.2, 0) is 16.8 Å². The summed E-state index contributed by atoms with van der Waals surface area (Å²) in [4.78, 5) is 24.0. The number of carbonyl (C=O) groups excluding carboxylic acids is 1. The molecule has 6 nitrogen and oxygen atoms in total. The monoisotopic (exact) mass is 375 g/mol. The van der Waals surface area contributed by atoms with Gasteiger partial charge in [-0.05, 0) is 30.9 Å². The maximum Gasteiger partial charge on any atom is 0.257 e. The van der Waals surface area contributed by atoms with Crippen LogP contribution in [0.5, 0.6) is 0 Å². The molecule has 142 valence electrons. The van der Waals surface area contributed by atoms with E-state index < -0.39 is 5.60 Å². The van der Waals surface area contributed by atoms with Crippen molar-refractivity contribution < 1.29 is 13.9 Å². The molecule has 1 amide bonds. The third-order valence-electron chi connectivity index (χ3n) is 5.70. The van der Waals surface area contributed by atoms with E-state index in [2.05, 4.69) is 4.98 Å². The summed E-state index contributed by atoms with van der Waals surface area (Å²) in [6.45, 7) is 1.93. The highest BCUT2D eigenvalue weighted by molar-refractivity contribution is 5.93. The van der Waals surface area contributed by atoms with Gasteiger partial charge in [0.1, 0.15) is 11.9 Å². The minimum absolute atomic E-state index is 0.00675. The van der Waals surface area contributed by atoms with E-state index in [1.54, 1.807) is 6.07 Å². The van der Waals surface area contributed by atoms with E-state index in [0.29, 0.717) is 25.3 Å². The third kappa shape index (κ3) is 2.90. The van der Waals surface area contributed by atoms with Gasteiger partial charge in [-0.15, -0.1) is 0 Å². The van der Waals surface area contributed by atoms with E-state index in [4.69, 9.17) is 14.1 Å². The zero-order valence-electron chi connectivity index (χ0n) is 15.5. The van der Waals surface area contributed by atoms with Crippen LogP contribution in [0, 0.1) is 0 Å². The molecule has 2 aliphatic heterocycles. The van der Waals surface area contributed by atoms with Crippen LogP contribution in [0.3, 0.4) is 0 Å². The van der Waals surface area contributed by atoms with Gasteiger partial charge >= 0.3 is 0 Å². The second kappa shape index (κ2) is 6.87. The van der Waals surface area contributed by atoms with E-state index in [0.717, 1.165) is 41.9 Å². The highest BCUT2D eigenvalue weighted by Gasteiger charge is 2.43. The largest absolute Gasteiger partial charge is 0.472 e. The predicted molar refractivity (Wildman–Crippen MR) is 103 cm³/mol. The van der Waals surface area contributed by atoms with E-state index >= 15 is 0 Å². The molecule has 0 N–H and O–H groups in total. The Morgan fingerprint density at radius 2 is 1.93 bits per heavy atom. The van der Waals surface area contributed by atoms with Crippen LogP contribution in [0.25, 0.3) is 11.4 Å². The van der Waals surface area contributed by atoms with E-state index in [1.807, 2.05) is 41.4 Å². The van der Waals surface area contributed by atoms with Crippen LogP contribution >= 0.6 is 0 Å². The molecule has 4 heterocycles. The Kier molecular flexibility index (Phi) is 4.20. The van der Waals surface area contributed by atoms with Crippen LogP contribution < -0.4 is 0 Å². The average molecular weight is 375 g/mol. The van der Waals surface area contributed by atoms with Crippen molar-refractivity contribution in [2.75, 3.05) is 19.7 Å². The Bertz CT molecular complexity index is 978. The normalized spacial score (nSPS) is 18.1. The molecule has 0 aliphatic carbocycles. The molecular formula is C22H21N3O3. The lowest BCUT2D eigenvalue weighted by molar-refractivity contribution is -0.0967. The summed E-state index contributed by atoms with van der Waals surface area (Å²) in [7, 11) is 0. The molecule has 1 fully saturated rings. The number of carbonyl (C=O) groups is 1. The molecular weight excluding hydrogens is 354 g/mol. The minimum Gasteiger partial charge on any atom is -0.472 e. The average Bonchev–Trinajstić information content (AvgIpc) is 3.30. The molecule has 6 heteroatoms. The Morgan fingerprint density at radius 3 is 2.68 bits per heavy atom. The highest BCUT2D eigenvalue weighted by Crippen LogP contribution is 2.41. The van der Waals surface area contributed by atoms with Gasteiger partial charge in [0.25, 0.3) is 5.91 Å². The Balaban J connectivity index is 1.43. The van der Waals surface area contributed by atoms with Crippen LogP contribution in [0.4, 0.5) is 0 Å². The first-order valence-corrected chi connectivity index (χ1v) is 9.62. The van der Waals surface area contributed by atoms with Crippen LogP contribution in [0.15, 0.2) is 59.5 Å². The van der Waals surface area contributed by atoms with Crippen molar-refractivity contribution in [1.29, 1.82) is 0 Å². The first-order valence-electron chi connectivity index (χ1n) is 9.62. The van der Waals surface area contributed by atoms with E-state index in [-0.39, 0.29) is 5.91 Å². The molecule has 1 saturated heterocycles. The molecule has 3 aromatic rings. The fourth-order valence-electron chi connectivity index (χ4n) is 4.16. The third-order valence-corrected chi connectivity index (χ3v) is 5.70. The number of piperidine rings is 1. The molecule has 0 radical (unpaired) electrons. The number of rotatable bonds is 2. The minimum atomic E-state index is -0.437. The maximum absolute atomic E-state index is 12.6. The standard InChI is InChI=1S/C22H21N3O3/c26-21(18-6-12-27-15-18)25-10-8-22(9-11-25)19-17(7-13-28-22)14-23-20(24-19)16-4-2-1-3-5-16/h1-6,12,14-15H,7-11,13H2. The zero-order valence-corrected chi connectivity index (χ0v) is 15.5. The Labute approximate surface area is 163 Å². The summed E-state index contributed by atoms with van der Waals surface area (Å²) < 4.78 is 11.3. The van der Waals surface area contributed by atoms with Crippen molar-refractivity contribution in [2.45, 2.75) is 24.9 Å². The van der Waals surface area contributed by atoms with Gasteiger partial charge in [0.05, 0.1) is 24.1 Å². The second-order valence-corrected chi connectivity index (χ2v) is 7.33. The smallest absolute Gasteiger partial charge is 0.257 e. The molecule has 5 rings (SSSR count). The van der Waals surface area contributed by atoms with Crippen LogP contribution in [0.2, 0.25) is 0 Å². The van der Waals surface area contributed by atoms with Crippen molar-refractivity contribution in [3.8, 4) is 11.4 Å². The first-order chi connectivity index (χ1) is 13.8. The van der Waals surface area contributed by atoms with Gasteiger partial charge in [0.15, 0.2) is 5.82 Å². The van der Waals surface area contributed by atoms with Crippen molar-refractivity contribution in [3.05, 3.63) is 71.9 Å². The number of hydrogen-bond acceptors (Lipinski definition) is 5. The number of hydrogen-bond donors (Lipinski definition) is 0.